The maximum Gasteiger partial charge on any atom is 0.312 e. The van der Waals surface area contributed by atoms with Gasteiger partial charge < -0.3 is 9.84 Å². The maximum absolute atomic E-state index is 10.9. The van der Waals surface area contributed by atoms with Gasteiger partial charge >= 0.3 is 5.97 Å². The minimum atomic E-state index is -0.379. The van der Waals surface area contributed by atoms with E-state index in [1.54, 1.807) is 12.2 Å². The first-order valence-corrected chi connectivity index (χ1v) is 3.68. The Bertz CT molecular complexity index is 174. The van der Waals surface area contributed by atoms with Crippen LogP contribution in [0.5, 0.6) is 0 Å². The smallest absolute Gasteiger partial charge is 0.312 e. The number of ether oxygens (including phenoxy) is 1. The molecule has 0 amide bonds. The van der Waals surface area contributed by atoms with Crippen LogP contribution < -0.4 is 0 Å². The molecule has 2 atom stereocenters. The van der Waals surface area contributed by atoms with Gasteiger partial charge in [0.25, 0.3) is 0 Å². The predicted molar refractivity (Wildman–Crippen MR) is 39.9 cm³/mol. The number of aliphatic hydroxyl groups is 1. The number of rotatable bonds is 1. The predicted octanol–water partition coefficient (Wildman–Crippen LogP) is 0.486. The molecular formula is C8H12O3. The summed E-state index contributed by atoms with van der Waals surface area (Å²) in [4.78, 5) is 10.9. The monoisotopic (exact) mass is 156 g/mol. The molecule has 0 fully saturated rings. The SMILES string of the molecule is COC(=O)[C@H]1C=C[C@H](O)CC1. The summed E-state index contributed by atoms with van der Waals surface area (Å²) >= 11 is 0. The van der Waals surface area contributed by atoms with Gasteiger partial charge in [-0.1, -0.05) is 12.2 Å². The second-order valence-corrected chi connectivity index (χ2v) is 2.66. The van der Waals surface area contributed by atoms with Crippen molar-refractivity contribution in [3.63, 3.8) is 0 Å². The van der Waals surface area contributed by atoms with Crippen molar-refractivity contribution >= 4 is 5.97 Å². The maximum atomic E-state index is 10.9. The van der Waals surface area contributed by atoms with E-state index in [9.17, 15) is 4.79 Å². The standard InChI is InChI=1S/C8H12O3/c1-11-8(10)6-2-4-7(9)5-3-6/h2,4,6-7,9H,3,5H2,1H3/t6-,7-/m0/s1. The molecule has 0 saturated heterocycles. The Kier molecular flexibility index (Phi) is 2.65. The van der Waals surface area contributed by atoms with Crippen LogP contribution in [0.15, 0.2) is 12.2 Å². The fourth-order valence-corrected chi connectivity index (χ4v) is 1.15. The van der Waals surface area contributed by atoms with E-state index in [0.29, 0.717) is 12.8 Å². The van der Waals surface area contributed by atoms with Crippen molar-refractivity contribution in [2.45, 2.75) is 18.9 Å². The van der Waals surface area contributed by atoms with Gasteiger partial charge in [0.15, 0.2) is 0 Å². The van der Waals surface area contributed by atoms with Crippen LogP contribution in [-0.2, 0) is 9.53 Å². The molecule has 11 heavy (non-hydrogen) atoms. The molecule has 0 heterocycles. The van der Waals surface area contributed by atoms with Crippen LogP contribution >= 0.6 is 0 Å². The van der Waals surface area contributed by atoms with Gasteiger partial charge in [-0.2, -0.15) is 0 Å². The van der Waals surface area contributed by atoms with E-state index in [1.807, 2.05) is 0 Å². The molecule has 3 nitrogen and oxygen atoms in total. The summed E-state index contributed by atoms with van der Waals surface area (Å²) in [5, 5.41) is 9.04. The van der Waals surface area contributed by atoms with Gasteiger partial charge in [-0.15, -0.1) is 0 Å². The summed E-state index contributed by atoms with van der Waals surface area (Å²) in [5.74, 6) is -0.364. The second-order valence-electron chi connectivity index (χ2n) is 2.66. The lowest BCUT2D eigenvalue weighted by molar-refractivity contribution is -0.144. The third-order valence-electron chi connectivity index (χ3n) is 1.84. The van der Waals surface area contributed by atoms with Gasteiger partial charge in [-0.05, 0) is 12.8 Å². The average molecular weight is 156 g/mol. The molecule has 0 aromatic carbocycles. The number of hydrogen-bond donors (Lipinski definition) is 1. The van der Waals surface area contributed by atoms with E-state index >= 15 is 0 Å². The summed E-state index contributed by atoms with van der Waals surface area (Å²) in [6, 6.07) is 0. The van der Waals surface area contributed by atoms with E-state index < -0.39 is 0 Å². The average Bonchev–Trinajstić information content (AvgIpc) is 2.05. The van der Waals surface area contributed by atoms with Crippen LogP contribution in [0, 0.1) is 5.92 Å². The van der Waals surface area contributed by atoms with E-state index in [2.05, 4.69) is 4.74 Å². The van der Waals surface area contributed by atoms with Crippen LogP contribution in [0.25, 0.3) is 0 Å². The molecule has 1 aliphatic carbocycles. The molecule has 1 rings (SSSR count). The molecule has 0 radical (unpaired) electrons. The number of hydrogen-bond acceptors (Lipinski definition) is 3. The van der Waals surface area contributed by atoms with Crippen LogP contribution in [0.4, 0.5) is 0 Å². The zero-order chi connectivity index (χ0) is 8.27. The highest BCUT2D eigenvalue weighted by molar-refractivity contribution is 5.74. The summed E-state index contributed by atoms with van der Waals surface area (Å²) in [7, 11) is 1.38. The highest BCUT2D eigenvalue weighted by Crippen LogP contribution is 2.18. The number of carbonyl (C=O) groups excluding carboxylic acids is 1. The van der Waals surface area contributed by atoms with Crippen molar-refractivity contribution in [1.29, 1.82) is 0 Å². The number of methoxy groups -OCH3 is 1. The number of aliphatic hydroxyl groups excluding tert-OH is 1. The van der Waals surface area contributed by atoms with Crippen molar-refractivity contribution in [2.75, 3.05) is 7.11 Å². The summed E-state index contributed by atoms with van der Waals surface area (Å²) in [6.07, 6.45) is 4.31. The van der Waals surface area contributed by atoms with Crippen LogP contribution in [0.2, 0.25) is 0 Å². The van der Waals surface area contributed by atoms with Crippen molar-refractivity contribution in [3.05, 3.63) is 12.2 Å². The highest BCUT2D eigenvalue weighted by atomic mass is 16.5. The summed E-state index contributed by atoms with van der Waals surface area (Å²) in [6.45, 7) is 0. The van der Waals surface area contributed by atoms with E-state index in [4.69, 9.17) is 5.11 Å². The zero-order valence-electron chi connectivity index (χ0n) is 6.49. The van der Waals surface area contributed by atoms with Crippen LogP contribution in [0.1, 0.15) is 12.8 Å². The number of carbonyl (C=O) groups is 1. The first kappa shape index (κ1) is 8.27. The molecule has 0 aromatic heterocycles. The van der Waals surface area contributed by atoms with Crippen molar-refractivity contribution in [2.24, 2.45) is 5.92 Å². The molecule has 62 valence electrons. The molecule has 0 aromatic rings. The molecule has 0 saturated carbocycles. The third-order valence-corrected chi connectivity index (χ3v) is 1.84. The molecule has 0 aliphatic heterocycles. The van der Waals surface area contributed by atoms with Gasteiger partial charge in [0, 0.05) is 0 Å². The molecule has 1 N–H and O–H groups in total. The molecule has 1 aliphatic rings. The Morgan fingerprint density at radius 3 is 2.73 bits per heavy atom. The lowest BCUT2D eigenvalue weighted by Gasteiger charge is -2.16. The fourth-order valence-electron chi connectivity index (χ4n) is 1.15. The lowest BCUT2D eigenvalue weighted by Crippen LogP contribution is -2.20. The number of esters is 1. The molecule has 0 unspecified atom stereocenters. The van der Waals surface area contributed by atoms with Gasteiger partial charge in [0.2, 0.25) is 0 Å². The Hall–Kier alpha value is -0.830. The first-order chi connectivity index (χ1) is 5.24. The molecule has 0 bridgehead atoms. The van der Waals surface area contributed by atoms with Crippen LogP contribution in [0.3, 0.4) is 0 Å². The molecule has 3 heteroatoms. The topological polar surface area (TPSA) is 46.5 Å². The Morgan fingerprint density at radius 1 is 1.55 bits per heavy atom. The van der Waals surface area contributed by atoms with E-state index in [-0.39, 0.29) is 18.0 Å². The summed E-state index contributed by atoms with van der Waals surface area (Å²) < 4.78 is 4.55. The minimum Gasteiger partial charge on any atom is -0.469 e. The normalized spacial score (nSPS) is 30.0. The van der Waals surface area contributed by atoms with Crippen LogP contribution in [-0.4, -0.2) is 24.3 Å². The van der Waals surface area contributed by atoms with Gasteiger partial charge in [-0.25, -0.2) is 0 Å². The van der Waals surface area contributed by atoms with Gasteiger partial charge in [0.05, 0.1) is 19.1 Å². The Balaban J connectivity index is 2.50. The second kappa shape index (κ2) is 3.53. The third kappa shape index (κ3) is 2.05. The molecule has 0 spiro atoms. The zero-order valence-corrected chi connectivity index (χ0v) is 6.49. The van der Waals surface area contributed by atoms with Gasteiger partial charge in [-0.3, -0.25) is 4.79 Å². The first-order valence-electron chi connectivity index (χ1n) is 3.68. The van der Waals surface area contributed by atoms with Crippen molar-refractivity contribution < 1.29 is 14.6 Å². The largest absolute Gasteiger partial charge is 0.469 e. The van der Waals surface area contributed by atoms with E-state index in [1.165, 1.54) is 7.11 Å². The molecular weight excluding hydrogens is 144 g/mol. The quantitative estimate of drug-likeness (QED) is 0.444. The van der Waals surface area contributed by atoms with Gasteiger partial charge in [0.1, 0.15) is 0 Å². The van der Waals surface area contributed by atoms with Crippen molar-refractivity contribution in [3.8, 4) is 0 Å². The minimum absolute atomic E-state index is 0.150. The highest BCUT2D eigenvalue weighted by Gasteiger charge is 2.20. The lowest BCUT2D eigenvalue weighted by atomic mass is 9.94. The van der Waals surface area contributed by atoms with Crippen molar-refractivity contribution in [1.82, 2.24) is 0 Å². The van der Waals surface area contributed by atoms with E-state index in [0.717, 1.165) is 0 Å². The Labute approximate surface area is 65.7 Å². The summed E-state index contributed by atoms with van der Waals surface area (Å²) in [5.41, 5.74) is 0. The Morgan fingerprint density at radius 2 is 2.27 bits per heavy atom. The fraction of sp³-hybridized carbons (Fsp3) is 0.625.